The molecule has 1 aromatic carbocycles. The molecule has 4 heteroatoms. The van der Waals surface area contributed by atoms with E-state index in [0.717, 1.165) is 11.1 Å². The summed E-state index contributed by atoms with van der Waals surface area (Å²) in [7, 11) is 1.56. The van der Waals surface area contributed by atoms with E-state index in [0.29, 0.717) is 17.7 Å². The molecule has 0 atom stereocenters. The van der Waals surface area contributed by atoms with E-state index in [1.165, 1.54) is 0 Å². The summed E-state index contributed by atoms with van der Waals surface area (Å²) in [6.45, 7) is 3.98. The van der Waals surface area contributed by atoms with Crippen LogP contribution in [0.1, 0.15) is 34.0 Å². The fourth-order valence-corrected chi connectivity index (χ4v) is 2.26. The van der Waals surface area contributed by atoms with Crippen molar-refractivity contribution in [2.75, 3.05) is 7.11 Å². The van der Waals surface area contributed by atoms with Gasteiger partial charge in [0.15, 0.2) is 0 Å². The summed E-state index contributed by atoms with van der Waals surface area (Å²) in [4.78, 5) is 11.6. The summed E-state index contributed by atoms with van der Waals surface area (Å²) in [5.41, 5.74) is 2.49. The lowest BCUT2D eigenvalue weighted by Crippen LogP contribution is -2.02. The number of aromatic hydroxyl groups is 1. The highest BCUT2D eigenvalue weighted by atomic mass is 16.5. The van der Waals surface area contributed by atoms with Gasteiger partial charge in [0, 0.05) is 11.1 Å². The molecule has 0 spiro atoms. The smallest absolute Gasteiger partial charge is 0.342 e. The van der Waals surface area contributed by atoms with Gasteiger partial charge in [0.1, 0.15) is 23.7 Å². The van der Waals surface area contributed by atoms with Crippen molar-refractivity contribution in [3.63, 3.8) is 0 Å². The molecule has 1 aliphatic rings. The number of methoxy groups -OCH3 is 1. The number of benzene rings is 1. The molecule has 0 bridgehead atoms. The quantitative estimate of drug-likeness (QED) is 0.659. The van der Waals surface area contributed by atoms with Crippen molar-refractivity contribution in [3.8, 4) is 11.5 Å². The normalized spacial score (nSPS) is 13.8. The molecule has 1 aromatic rings. The second-order valence-electron chi connectivity index (χ2n) is 4.19. The van der Waals surface area contributed by atoms with Gasteiger partial charge in [-0.25, -0.2) is 4.79 Å². The van der Waals surface area contributed by atoms with Crippen LogP contribution in [-0.2, 0) is 17.8 Å². The Kier molecular flexibility index (Phi) is 3.28. The molecule has 0 fully saturated rings. The van der Waals surface area contributed by atoms with E-state index in [1.807, 2.05) is 26.0 Å². The Morgan fingerprint density at radius 1 is 1.50 bits per heavy atom. The van der Waals surface area contributed by atoms with Gasteiger partial charge in [0.2, 0.25) is 0 Å². The minimum atomic E-state index is -0.463. The number of esters is 1. The van der Waals surface area contributed by atoms with Crippen molar-refractivity contribution in [1.29, 1.82) is 0 Å². The number of rotatable bonds is 3. The Morgan fingerprint density at radius 3 is 2.83 bits per heavy atom. The van der Waals surface area contributed by atoms with Crippen LogP contribution in [0.4, 0.5) is 0 Å². The van der Waals surface area contributed by atoms with E-state index in [1.54, 1.807) is 7.11 Å². The number of phenolic OH excluding ortho intramolecular Hbond substituents is 1. The van der Waals surface area contributed by atoms with Crippen molar-refractivity contribution in [2.45, 2.75) is 26.9 Å². The number of cyclic esters (lactones) is 1. The van der Waals surface area contributed by atoms with Gasteiger partial charge in [-0.05, 0) is 25.8 Å². The molecular formula is C14H16O4. The third-order valence-electron chi connectivity index (χ3n) is 3.21. The van der Waals surface area contributed by atoms with Gasteiger partial charge < -0.3 is 14.6 Å². The van der Waals surface area contributed by atoms with Gasteiger partial charge in [-0.3, -0.25) is 0 Å². The maximum absolute atomic E-state index is 11.6. The molecule has 1 aliphatic heterocycles. The van der Waals surface area contributed by atoms with Crippen LogP contribution in [0.15, 0.2) is 12.2 Å². The van der Waals surface area contributed by atoms with Crippen LogP contribution in [0, 0.1) is 6.92 Å². The average molecular weight is 248 g/mol. The average Bonchev–Trinajstić information content (AvgIpc) is 2.74. The molecule has 18 heavy (non-hydrogen) atoms. The van der Waals surface area contributed by atoms with Crippen molar-refractivity contribution in [1.82, 2.24) is 0 Å². The van der Waals surface area contributed by atoms with E-state index >= 15 is 0 Å². The predicted molar refractivity (Wildman–Crippen MR) is 67.0 cm³/mol. The highest BCUT2D eigenvalue weighted by molar-refractivity contribution is 5.98. The summed E-state index contributed by atoms with van der Waals surface area (Å²) >= 11 is 0. The van der Waals surface area contributed by atoms with E-state index in [2.05, 4.69) is 0 Å². The first-order valence-electron chi connectivity index (χ1n) is 5.81. The van der Waals surface area contributed by atoms with Crippen molar-refractivity contribution in [3.05, 3.63) is 34.4 Å². The van der Waals surface area contributed by atoms with Gasteiger partial charge in [-0.1, -0.05) is 12.2 Å². The highest BCUT2D eigenvalue weighted by Gasteiger charge is 2.31. The number of carbonyl (C=O) groups is 1. The maximum atomic E-state index is 11.6. The molecule has 0 aliphatic carbocycles. The van der Waals surface area contributed by atoms with Crippen LogP contribution >= 0.6 is 0 Å². The second-order valence-corrected chi connectivity index (χ2v) is 4.19. The molecule has 96 valence electrons. The van der Waals surface area contributed by atoms with Gasteiger partial charge in [-0.15, -0.1) is 0 Å². The first kappa shape index (κ1) is 12.5. The number of carbonyl (C=O) groups excluding carboxylic acids is 1. The Morgan fingerprint density at radius 2 is 2.22 bits per heavy atom. The zero-order valence-corrected chi connectivity index (χ0v) is 10.7. The zero-order chi connectivity index (χ0) is 13.3. The van der Waals surface area contributed by atoms with E-state index in [-0.39, 0.29) is 17.9 Å². The van der Waals surface area contributed by atoms with Gasteiger partial charge >= 0.3 is 5.97 Å². The molecular weight excluding hydrogens is 232 g/mol. The first-order valence-corrected chi connectivity index (χ1v) is 5.81. The Labute approximate surface area is 106 Å². The fraction of sp³-hybridized carbons (Fsp3) is 0.357. The summed E-state index contributed by atoms with van der Waals surface area (Å²) in [6, 6.07) is 0. The molecule has 4 nitrogen and oxygen atoms in total. The third kappa shape index (κ3) is 1.74. The fourth-order valence-electron chi connectivity index (χ4n) is 2.26. The molecule has 0 radical (unpaired) electrons. The highest BCUT2D eigenvalue weighted by Crippen LogP contribution is 2.41. The van der Waals surface area contributed by atoms with E-state index in [9.17, 15) is 9.90 Å². The van der Waals surface area contributed by atoms with Gasteiger partial charge in [0.25, 0.3) is 0 Å². The Balaban J connectivity index is 2.68. The van der Waals surface area contributed by atoms with Crippen LogP contribution in [-0.4, -0.2) is 18.2 Å². The Bertz CT molecular complexity index is 529. The minimum absolute atomic E-state index is 0.0203. The lowest BCUT2D eigenvalue weighted by Gasteiger charge is -2.15. The minimum Gasteiger partial charge on any atom is -0.507 e. The van der Waals surface area contributed by atoms with Crippen LogP contribution < -0.4 is 4.74 Å². The van der Waals surface area contributed by atoms with Crippen LogP contribution in [0.3, 0.4) is 0 Å². The summed E-state index contributed by atoms with van der Waals surface area (Å²) in [6.07, 6.45) is 4.32. The van der Waals surface area contributed by atoms with Crippen molar-refractivity contribution in [2.24, 2.45) is 0 Å². The molecule has 0 aromatic heterocycles. The van der Waals surface area contributed by atoms with E-state index in [4.69, 9.17) is 9.47 Å². The van der Waals surface area contributed by atoms with Crippen LogP contribution in [0.2, 0.25) is 0 Å². The molecule has 1 N–H and O–H groups in total. The number of ether oxygens (including phenoxy) is 2. The number of hydrogen-bond acceptors (Lipinski definition) is 4. The van der Waals surface area contributed by atoms with Crippen LogP contribution in [0.5, 0.6) is 11.5 Å². The monoisotopic (exact) mass is 248 g/mol. The SMILES string of the molecule is C/C=C\Cc1c(O)c2c(c(C)c1OC)COC2=O. The number of phenols is 1. The zero-order valence-electron chi connectivity index (χ0n) is 10.7. The van der Waals surface area contributed by atoms with Gasteiger partial charge in [0.05, 0.1) is 7.11 Å². The molecule has 1 heterocycles. The second kappa shape index (κ2) is 4.72. The first-order chi connectivity index (χ1) is 8.61. The van der Waals surface area contributed by atoms with E-state index < -0.39 is 5.97 Å². The molecule has 2 rings (SSSR count). The molecule has 0 unspecified atom stereocenters. The lowest BCUT2D eigenvalue weighted by atomic mass is 9.95. The molecule has 0 saturated heterocycles. The number of hydrogen-bond donors (Lipinski definition) is 1. The topological polar surface area (TPSA) is 55.8 Å². The maximum Gasteiger partial charge on any atom is 0.342 e. The summed E-state index contributed by atoms with van der Waals surface area (Å²) in [5, 5.41) is 10.2. The lowest BCUT2D eigenvalue weighted by molar-refractivity contribution is 0.0533. The van der Waals surface area contributed by atoms with Crippen molar-refractivity contribution < 1.29 is 19.4 Å². The Hall–Kier alpha value is -1.97. The standard InChI is InChI=1S/C14H16O4/c1-4-5-6-9-12(15)11-10(7-18-14(11)16)8(2)13(9)17-3/h4-5,15H,6-7H2,1-3H3/b5-4-. The van der Waals surface area contributed by atoms with Crippen molar-refractivity contribution >= 4 is 5.97 Å². The number of allylic oxidation sites excluding steroid dienone is 2. The molecule has 0 saturated carbocycles. The summed E-state index contributed by atoms with van der Waals surface area (Å²) < 4.78 is 10.3. The summed E-state index contributed by atoms with van der Waals surface area (Å²) in [5.74, 6) is 0.144. The molecule has 0 amide bonds. The van der Waals surface area contributed by atoms with Gasteiger partial charge in [-0.2, -0.15) is 0 Å². The third-order valence-corrected chi connectivity index (χ3v) is 3.21. The largest absolute Gasteiger partial charge is 0.507 e. The predicted octanol–water partition coefficient (Wildman–Crippen LogP) is 2.50. The number of fused-ring (bicyclic) bond motifs is 1. The van der Waals surface area contributed by atoms with Crippen LogP contribution in [0.25, 0.3) is 0 Å².